The van der Waals surface area contributed by atoms with E-state index < -0.39 is 6.29 Å². The van der Waals surface area contributed by atoms with Crippen molar-refractivity contribution in [3.05, 3.63) is 17.7 Å². The van der Waals surface area contributed by atoms with Gasteiger partial charge in [0.1, 0.15) is 5.84 Å². The Kier molecular flexibility index (Phi) is 2.23. The Morgan fingerprint density at radius 3 is 2.61 bits per heavy atom. The van der Waals surface area contributed by atoms with E-state index in [2.05, 4.69) is 19.8 Å². The Morgan fingerprint density at radius 1 is 1.28 bits per heavy atom. The average Bonchev–Trinajstić information content (AvgIpc) is 2.57. The molecule has 0 bridgehead atoms. The molecule has 0 saturated heterocycles. The van der Waals surface area contributed by atoms with E-state index in [4.69, 9.17) is 0 Å². The first-order valence-corrected chi connectivity index (χ1v) is 5.70. The van der Waals surface area contributed by atoms with Crippen LogP contribution in [-0.2, 0) is 6.54 Å². The van der Waals surface area contributed by atoms with E-state index in [0.717, 1.165) is 11.4 Å². The van der Waals surface area contributed by atoms with Crippen molar-refractivity contribution in [2.24, 2.45) is 10.9 Å². The molecular formula is C12H12F2N2O2. The molecule has 18 heavy (non-hydrogen) atoms. The van der Waals surface area contributed by atoms with Gasteiger partial charge in [0.2, 0.25) is 0 Å². The first-order chi connectivity index (χ1) is 8.44. The van der Waals surface area contributed by atoms with Crippen LogP contribution in [0.2, 0.25) is 0 Å². The molecule has 2 aliphatic heterocycles. The smallest absolute Gasteiger partial charge is 0.395 e. The zero-order valence-electron chi connectivity index (χ0n) is 9.96. The molecule has 6 heteroatoms. The van der Waals surface area contributed by atoms with Crippen LogP contribution in [0.15, 0.2) is 17.1 Å². The number of hydrogen-bond donors (Lipinski definition) is 1. The lowest BCUT2D eigenvalue weighted by atomic mass is 10.1. The number of aliphatic imine (C=N–C) groups is 1. The first kappa shape index (κ1) is 11.3. The Morgan fingerprint density at radius 2 is 1.94 bits per heavy atom. The SMILES string of the molecule is CC(C)C1=Nc2cc3c(cc2CN1)OC(F)(F)O3. The summed E-state index contributed by atoms with van der Waals surface area (Å²) in [5, 5.41) is 3.15. The summed E-state index contributed by atoms with van der Waals surface area (Å²) in [6.07, 6.45) is -3.58. The van der Waals surface area contributed by atoms with Crippen LogP contribution in [0.5, 0.6) is 11.5 Å². The molecule has 1 aromatic rings. The monoisotopic (exact) mass is 254 g/mol. The zero-order valence-corrected chi connectivity index (χ0v) is 9.96. The molecule has 0 aromatic heterocycles. The van der Waals surface area contributed by atoms with Gasteiger partial charge >= 0.3 is 6.29 Å². The summed E-state index contributed by atoms with van der Waals surface area (Å²) < 4.78 is 34.7. The van der Waals surface area contributed by atoms with Gasteiger partial charge in [-0.15, -0.1) is 8.78 Å². The molecule has 2 aliphatic rings. The van der Waals surface area contributed by atoms with Gasteiger partial charge in [-0.05, 0) is 6.07 Å². The molecule has 0 aliphatic carbocycles. The Hall–Kier alpha value is -1.85. The average molecular weight is 254 g/mol. The minimum Gasteiger partial charge on any atom is -0.395 e. The summed E-state index contributed by atoms with van der Waals surface area (Å²) in [6, 6.07) is 3.04. The Balaban J connectivity index is 2.02. The number of hydrogen-bond acceptors (Lipinski definition) is 4. The maximum Gasteiger partial charge on any atom is 0.586 e. The topological polar surface area (TPSA) is 42.9 Å². The molecule has 0 saturated carbocycles. The van der Waals surface area contributed by atoms with Gasteiger partial charge in [0.25, 0.3) is 0 Å². The number of nitrogens with zero attached hydrogens (tertiary/aromatic N) is 1. The summed E-state index contributed by atoms with van der Waals surface area (Å²) in [4.78, 5) is 4.40. The number of amidine groups is 1. The van der Waals surface area contributed by atoms with E-state index >= 15 is 0 Å². The standard InChI is InChI=1S/C12H12F2N2O2/c1-6(2)11-15-5-7-3-9-10(4-8(7)16-11)18-12(13,14)17-9/h3-4,6H,5H2,1-2H3,(H,15,16). The van der Waals surface area contributed by atoms with Gasteiger partial charge in [0.15, 0.2) is 11.5 Å². The lowest BCUT2D eigenvalue weighted by Gasteiger charge is -2.20. The molecule has 1 aromatic carbocycles. The predicted molar refractivity (Wildman–Crippen MR) is 61.4 cm³/mol. The largest absolute Gasteiger partial charge is 0.586 e. The van der Waals surface area contributed by atoms with Gasteiger partial charge in [-0.1, -0.05) is 13.8 Å². The van der Waals surface area contributed by atoms with E-state index in [1.165, 1.54) is 6.07 Å². The molecule has 0 spiro atoms. The van der Waals surface area contributed by atoms with Crippen molar-refractivity contribution >= 4 is 11.5 Å². The Labute approximate surface area is 103 Å². The van der Waals surface area contributed by atoms with Crippen molar-refractivity contribution < 1.29 is 18.3 Å². The van der Waals surface area contributed by atoms with Crippen LogP contribution >= 0.6 is 0 Å². The Bertz CT molecular complexity index is 541. The summed E-state index contributed by atoms with van der Waals surface area (Å²) in [5.74, 6) is 1.19. The van der Waals surface area contributed by atoms with Crippen LogP contribution in [0.3, 0.4) is 0 Å². The fraction of sp³-hybridized carbons (Fsp3) is 0.417. The second kappa shape index (κ2) is 3.57. The zero-order chi connectivity index (χ0) is 12.9. The molecular weight excluding hydrogens is 242 g/mol. The van der Waals surface area contributed by atoms with Gasteiger partial charge in [-0.25, -0.2) is 4.99 Å². The third-order valence-corrected chi connectivity index (χ3v) is 2.85. The minimum atomic E-state index is -3.58. The second-order valence-electron chi connectivity index (χ2n) is 4.60. The van der Waals surface area contributed by atoms with E-state index in [0.29, 0.717) is 12.2 Å². The van der Waals surface area contributed by atoms with Crippen molar-refractivity contribution in [2.75, 3.05) is 0 Å². The third-order valence-electron chi connectivity index (χ3n) is 2.85. The number of nitrogens with one attached hydrogen (secondary N) is 1. The van der Waals surface area contributed by atoms with Crippen molar-refractivity contribution in [1.82, 2.24) is 5.32 Å². The number of rotatable bonds is 1. The van der Waals surface area contributed by atoms with Crippen molar-refractivity contribution in [2.45, 2.75) is 26.7 Å². The van der Waals surface area contributed by atoms with Crippen LogP contribution in [-0.4, -0.2) is 12.1 Å². The van der Waals surface area contributed by atoms with E-state index in [1.54, 1.807) is 6.07 Å². The number of ether oxygens (including phenoxy) is 2. The number of alkyl halides is 2. The predicted octanol–water partition coefficient (Wildman–Crippen LogP) is 2.80. The highest BCUT2D eigenvalue weighted by molar-refractivity contribution is 5.88. The second-order valence-corrected chi connectivity index (χ2v) is 4.60. The fourth-order valence-electron chi connectivity index (χ4n) is 1.96. The molecule has 96 valence electrons. The fourth-order valence-corrected chi connectivity index (χ4v) is 1.96. The van der Waals surface area contributed by atoms with Gasteiger partial charge in [-0.3, -0.25) is 0 Å². The lowest BCUT2D eigenvalue weighted by molar-refractivity contribution is -0.286. The van der Waals surface area contributed by atoms with Crippen LogP contribution in [0.25, 0.3) is 0 Å². The lowest BCUT2D eigenvalue weighted by Crippen LogP contribution is -2.29. The normalized spacial score (nSPS) is 19.3. The third kappa shape index (κ3) is 1.77. The van der Waals surface area contributed by atoms with Gasteiger partial charge in [-0.2, -0.15) is 0 Å². The number of halogens is 2. The van der Waals surface area contributed by atoms with Gasteiger partial charge in [0, 0.05) is 24.1 Å². The molecule has 3 rings (SSSR count). The summed E-state index contributed by atoms with van der Waals surface area (Å²) in [7, 11) is 0. The van der Waals surface area contributed by atoms with E-state index in [9.17, 15) is 8.78 Å². The number of benzene rings is 1. The van der Waals surface area contributed by atoms with Crippen molar-refractivity contribution in [3.63, 3.8) is 0 Å². The molecule has 4 nitrogen and oxygen atoms in total. The maximum absolute atomic E-state index is 12.9. The number of fused-ring (bicyclic) bond motifs is 2. The molecule has 0 atom stereocenters. The van der Waals surface area contributed by atoms with Crippen molar-refractivity contribution in [3.8, 4) is 11.5 Å². The highest BCUT2D eigenvalue weighted by Crippen LogP contribution is 2.45. The van der Waals surface area contributed by atoms with Gasteiger partial charge < -0.3 is 14.8 Å². The molecule has 1 N–H and O–H groups in total. The van der Waals surface area contributed by atoms with Crippen LogP contribution < -0.4 is 14.8 Å². The highest BCUT2D eigenvalue weighted by atomic mass is 19.3. The highest BCUT2D eigenvalue weighted by Gasteiger charge is 2.44. The maximum atomic E-state index is 12.9. The first-order valence-electron chi connectivity index (χ1n) is 5.70. The van der Waals surface area contributed by atoms with Crippen LogP contribution in [0, 0.1) is 5.92 Å². The molecule has 0 amide bonds. The van der Waals surface area contributed by atoms with E-state index in [1.807, 2.05) is 13.8 Å². The molecule has 0 radical (unpaired) electrons. The molecule has 0 fully saturated rings. The molecule has 2 heterocycles. The summed E-state index contributed by atoms with van der Waals surface area (Å²) in [6.45, 7) is 4.57. The van der Waals surface area contributed by atoms with Gasteiger partial charge in [0.05, 0.1) is 5.69 Å². The van der Waals surface area contributed by atoms with E-state index in [-0.39, 0.29) is 17.4 Å². The summed E-state index contributed by atoms with van der Waals surface area (Å²) in [5.41, 5.74) is 1.47. The van der Waals surface area contributed by atoms with Crippen molar-refractivity contribution in [1.29, 1.82) is 0 Å². The van der Waals surface area contributed by atoms with Crippen LogP contribution in [0.4, 0.5) is 14.5 Å². The molecule has 0 unspecified atom stereocenters. The van der Waals surface area contributed by atoms with Crippen LogP contribution in [0.1, 0.15) is 19.4 Å². The quantitative estimate of drug-likeness (QED) is 0.838. The minimum absolute atomic E-state index is 0.0347. The summed E-state index contributed by atoms with van der Waals surface area (Å²) >= 11 is 0.